The molecule has 9 heteroatoms. The molecule has 1 aliphatic rings. The van der Waals surface area contributed by atoms with Gasteiger partial charge in [-0.05, 0) is 24.3 Å². The van der Waals surface area contributed by atoms with Crippen LogP contribution in [0.15, 0.2) is 60.3 Å². The molecule has 2 heterocycles. The molecule has 0 bridgehead atoms. The molecule has 0 fully saturated rings. The Hall–Kier alpha value is -3.59. The fourth-order valence-corrected chi connectivity index (χ4v) is 3.99. The summed E-state index contributed by atoms with van der Waals surface area (Å²) in [5.74, 6) is 1.84. The molecule has 0 radical (unpaired) electrons. The number of aromatic nitrogens is 3. The van der Waals surface area contributed by atoms with Gasteiger partial charge in [0.05, 0.1) is 25.5 Å². The van der Waals surface area contributed by atoms with Gasteiger partial charge in [-0.25, -0.2) is 0 Å². The molecule has 32 heavy (non-hydrogen) atoms. The lowest BCUT2D eigenvalue weighted by Crippen LogP contribution is -2.36. The molecule has 4 rings (SSSR count). The van der Waals surface area contributed by atoms with E-state index in [1.54, 1.807) is 43.4 Å². The highest BCUT2D eigenvalue weighted by atomic mass is 32.2. The molecule has 2 aromatic carbocycles. The predicted molar refractivity (Wildman–Crippen MR) is 122 cm³/mol. The summed E-state index contributed by atoms with van der Waals surface area (Å²) in [7, 11) is 3.14. The number of ether oxygens (including phenoxy) is 3. The zero-order valence-corrected chi connectivity index (χ0v) is 18.8. The third-order valence-corrected chi connectivity index (χ3v) is 5.72. The number of para-hydroxylation sites is 1. The van der Waals surface area contributed by atoms with Crippen LogP contribution in [0.1, 0.15) is 18.7 Å². The van der Waals surface area contributed by atoms with Crippen molar-refractivity contribution in [1.82, 2.24) is 15.2 Å². The van der Waals surface area contributed by atoms with Gasteiger partial charge in [0.15, 0.2) is 5.69 Å². The molecule has 8 nitrogen and oxygen atoms in total. The molecule has 1 aliphatic heterocycles. The fourth-order valence-electron chi connectivity index (χ4n) is 3.48. The number of thioether (sulfide) groups is 1. The molecular formula is C23H22N4O4S. The van der Waals surface area contributed by atoms with Gasteiger partial charge in [-0.1, -0.05) is 36.0 Å². The van der Waals surface area contributed by atoms with Gasteiger partial charge < -0.3 is 14.2 Å². The van der Waals surface area contributed by atoms with E-state index in [1.165, 1.54) is 18.7 Å². The van der Waals surface area contributed by atoms with Gasteiger partial charge in [0, 0.05) is 18.2 Å². The average molecular weight is 451 g/mol. The Kier molecular flexibility index (Phi) is 6.27. The van der Waals surface area contributed by atoms with Crippen LogP contribution in [0, 0.1) is 0 Å². The first-order chi connectivity index (χ1) is 15.6. The van der Waals surface area contributed by atoms with E-state index in [0.717, 1.165) is 0 Å². The summed E-state index contributed by atoms with van der Waals surface area (Å²) in [4.78, 5) is 19.1. The summed E-state index contributed by atoms with van der Waals surface area (Å²) < 4.78 is 17.4. The zero-order valence-electron chi connectivity index (χ0n) is 17.9. The Morgan fingerprint density at radius 3 is 2.75 bits per heavy atom. The first-order valence-electron chi connectivity index (χ1n) is 9.83. The maximum absolute atomic E-state index is 12.9. The third kappa shape index (κ3) is 3.99. The van der Waals surface area contributed by atoms with Crippen LogP contribution < -0.4 is 19.1 Å². The highest BCUT2D eigenvalue weighted by Gasteiger charge is 2.36. The lowest BCUT2D eigenvalue weighted by atomic mass is 10.1. The molecule has 3 aromatic rings. The van der Waals surface area contributed by atoms with Crippen molar-refractivity contribution in [3.05, 3.63) is 60.7 Å². The SMILES string of the molecule is C=CCSc1nnc2c(n1)O[C@H](c1cc(OC)ccc1OC)N(C(C)=O)c1ccccc1-2. The van der Waals surface area contributed by atoms with Crippen LogP contribution in [0.4, 0.5) is 5.69 Å². The normalized spacial score (nSPS) is 14.5. The van der Waals surface area contributed by atoms with Crippen LogP contribution in [0.2, 0.25) is 0 Å². The summed E-state index contributed by atoms with van der Waals surface area (Å²) in [6.07, 6.45) is 0.894. The topological polar surface area (TPSA) is 86.7 Å². The number of hydrogen-bond acceptors (Lipinski definition) is 8. The number of benzene rings is 2. The first kappa shape index (κ1) is 21.6. The number of hydrogen-bond donors (Lipinski definition) is 0. The third-order valence-electron chi connectivity index (χ3n) is 4.88. The van der Waals surface area contributed by atoms with E-state index in [-0.39, 0.29) is 11.8 Å². The van der Waals surface area contributed by atoms with Gasteiger partial charge in [-0.2, -0.15) is 4.98 Å². The Morgan fingerprint density at radius 2 is 2.03 bits per heavy atom. The van der Waals surface area contributed by atoms with Gasteiger partial charge in [-0.15, -0.1) is 16.8 Å². The van der Waals surface area contributed by atoms with Crippen LogP contribution in [0.3, 0.4) is 0 Å². The quantitative estimate of drug-likeness (QED) is 0.406. The number of rotatable bonds is 6. The van der Waals surface area contributed by atoms with E-state index < -0.39 is 6.23 Å². The lowest BCUT2D eigenvalue weighted by molar-refractivity contribution is -0.118. The molecule has 0 unspecified atom stereocenters. The summed E-state index contributed by atoms with van der Waals surface area (Å²) in [6, 6.07) is 12.8. The Bertz CT molecular complexity index is 1170. The number of anilines is 1. The van der Waals surface area contributed by atoms with E-state index in [2.05, 4.69) is 21.8 Å². The summed E-state index contributed by atoms with van der Waals surface area (Å²) >= 11 is 1.39. The Morgan fingerprint density at radius 1 is 1.22 bits per heavy atom. The smallest absolute Gasteiger partial charge is 0.247 e. The van der Waals surface area contributed by atoms with E-state index in [1.807, 2.05) is 24.3 Å². The minimum absolute atomic E-state index is 0.214. The zero-order chi connectivity index (χ0) is 22.7. The van der Waals surface area contributed by atoms with E-state index >= 15 is 0 Å². The monoisotopic (exact) mass is 450 g/mol. The maximum Gasteiger partial charge on any atom is 0.247 e. The predicted octanol–water partition coefficient (Wildman–Crippen LogP) is 4.28. The standard InChI is InChI=1S/C23H22N4O4S/c1-5-12-32-23-24-21-20(25-26-23)16-8-6-7-9-18(16)27(14(2)28)22(31-21)17-13-15(29-3)10-11-19(17)30-4/h5-11,13,22H,1,12H2,2-4H3/t22-/m1/s1. The highest BCUT2D eigenvalue weighted by Crippen LogP contribution is 2.45. The molecule has 0 N–H and O–H groups in total. The van der Waals surface area contributed by atoms with Crippen molar-refractivity contribution >= 4 is 23.4 Å². The Labute approximate surface area is 190 Å². The van der Waals surface area contributed by atoms with Gasteiger partial charge in [0.2, 0.25) is 23.2 Å². The molecule has 1 atom stereocenters. The summed E-state index contributed by atoms with van der Waals surface area (Å²) in [5, 5.41) is 9.06. The van der Waals surface area contributed by atoms with Gasteiger partial charge in [0.1, 0.15) is 11.5 Å². The van der Waals surface area contributed by atoms with Crippen molar-refractivity contribution in [1.29, 1.82) is 0 Å². The first-order valence-corrected chi connectivity index (χ1v) is 10.8. The van der Waals surface area contributed by atoms with Crippen molar-refractivity contribution in [3.8, 4) is 28.6 Å². The highest BCUT2D eigenvalue weighted by molar-refractivity contribution is 7.99. The second-order valence-corrected chi connectivity index (χ2v) is 7.82. The van der Waals surface area contributed by atoms with Crippen molar-refractivity contribution in [2.24, 2.45) is 0 Å². The number of carbonyl (C=O) groups is 1. The molecular weight excluding hydrogens is 428 g/mol. The number of methoxy groups -OCH3 is 2. The number of nitrogens with zero attached hydrogens (tertiary/aromatic N) is 4. The largest absolute Gasteiger partial charge is 0.497 e. The number of amides is 1. The second kappa shape index (κ2) is 9.27. The van der Waals surface area contributed by atoms with Crippen molar-refractivity contribution in [2.45, 2.75) is 18.3 Å². The van der Waals surface area contributed by atoms with E-state index in [0.29, 0.717) is 44.9 Å². The molecule has 164 valence electrons. The van der Waals surface area contributed by atoms with E-state index in [9.17, 15) is 4.79 Å². The van der Waals surface area contributed by atoms with Crippen LogP contribution in [0.5, 0.6) is 17.4 Å². The van der Waals surface area contributed by atoms with Gasteiger partial charge >= 0.3 is 0 Å². The minimum atomic E-state index is -0.867. The molecule has 0 saturated heterocycles. The number of carbonyl (C=O) groups excluding carboxylic acids is 1. The molecule has 1 amide bonds. The van der Waals surface area contributed by atoms with Gasteiger partial charge in [0.25, 0.3) is 0 Å². The molecule has 0 aliphatic carbocycles. The summed E-state index contributed by atoms with van der Waals surface area (Å²) in [5.41, 5.74) is 2.40. The van der Waals surface area contributed by atoms with Crippen LogP contribution in [0.25, 0.3) is 11.3 Å². The van der Waals surface area contributed by atoms with Crippen molar-refractivity contribution in [3.63, 3.8) is 0 Å². The molecule has 0 spiro atoms. The van der Waals surface area contributed by atoms with Gasteiger partial charge in [-0.3, -0.25) is 9.69 Å². The van der Waals surface area contributed by atoms with E-state index in [4.69, 9.17) is 14.2 Å². The van der Waals surface area contributed by atoms with Crippen LogP contribution in [-0.2, 0) is 4.79 Å². The minimum Gasteiger partial charge on any atom is -0.497 e. The molecule has 1 aromatic heterocycles. The van der Waals surface area contributed by atoms with Crippen molar-refractivity contribution < 1.29 is 19.0 Å². The van der Waals surface area contributed by atoms with Crippen LogP contribution >= 0.6 is 11.8 Å². The maximum atomic E-state index is 12.9. The number of fused-ring (bicyclic) bond motifs is 3. The summed E-state index contributed by atoms with van der Waals surface area (Å²) in [6.45, 7) is 5.21. The second-order valence-electron chi connectivity index (χ2n) is 6.83. The average Bonchev–Trinajstić information content (AvgIpc) is 2.96. The fraction of sp³-hybridized carbons (Fsp3) is 0.217. The van der Waals surface area contributed by atoms with Crippen molar-refractivity contribution in [2.75, 3.05) is 24.9 Å². The Balaban J connectivity index is 1.95. The lowest BCUT2D eigenvalue weighted by Gasteiger charge is -2.30. The molecule has 0 saturated carbocycles. The van der Waals surface area contributed by atoms with Crippen LogP contribution in [-0.4, -0.2) is 41.1 Å².